The van der Waals surface area contributed by atoms with E-state index in [0.29, 0.717) is 17.5 Å². The summed E-state index contributed by atoms with van der Waals surface area (Å²) < 4.78 is 0. The van der Waals surface area contributed by atoms with Gasteiger partial charge in [-0.1, -0.05) is 270 Å². The number of hydrogen-bond acceptors (Lipinski definition) is 5. The lowest BCUT2D eigenvalue weighted by Crippen LogP contribution is -2.61. The van der Waals surface area contributed by atoms with Gasteiger partial charge in [0.05, 0.1) is 0 Å². The summed E-state index contributed by atoms with van der Waals surface area (Å²) in [4.78, 5) is 21.8. The van der Waals surface area contributed by atoms with Crippen LogP contribution in [0.4, 0.5) is 34.1 Å². The van der Waals surface area contributed by atoms with Gasteiger partial charge >= 0.3 is 0 Å². The largest absolute Gasteiger partial charge is 0.311 e. The topological polar surface area (TPSA) is 45.2 Å². The standard InChI is InChI=1S/C81H86BN5/c1-76(2,3)58-35-29-53(30-36-58)73-83-74(54-31-37-59(38-32-54)77(4,5)6)85-75(84-73)57-43-70-72-71(44-57)87(65-49-62(80(13,14)15)46-63(50-65)81(16,17)18)69-40-34-56(52-27-23-20-24-28-52)42-67(69)82(72)66-41-55(51-25-21-19-22-26-51)33-39-68(66)86(70)64-47-60(78(7,8)9)45-61(48-64)79(10,11)12/h19-50H,1-18H3. The van der Waals surface area contributed by atoms with Crippen molar-refractivity contribution < 1.29 is 0 Å². The third kappa shape index (κ3) is 11.4. The molecular formula is C81H86BN5. The quantitative estimate of drug-likeness (QED) is 0.149. The first-order valence-electron chi connectivity index (χ1n) is 31.4. The van der Waals surface area contributed by atoms with E-state index >= 15 is 0 Å². The summed E-state index contributed by atoms with van der Waals surface area (Å²) in [6.45, 7) is 41.5. The van der Waals surface area contributed by atoms with Crippen molar-refractivity contribution in [1.82, 2.24) is 15.0 Å². The van der Waals surface area contributed by atoms with Gasteiger partial charge in [-0.25, -0.2) is 15.0 Å². The average Bonchev–Trinajstić information content (AvgIpc) is 0.709. The highest BCUT2D eigenvalue weighted by molar-refractivity contribution is 7.00. The molecule has 12 rings (SSSR count). The van der Waals surface area contributed by atoms with Crippen LogP contribution < -0.4 is 26.2 Å². The van der Waals surface area contributed by atoms with Gasteiger partial charge in [0.25, 0.3) is 6.71 Å². The predicted octanol–water partition coefficient (Wildman–Crippen LogP) is 20.1. The van der Waals surface area contributed by atoms with E-state index in [0.717, 1.165) is 50.8 Å². The van der Waals surface area contributed by atoms with Crippen LogP contribution in [-0.2, 0) is 32.5 Å². The third-order valence-electron chi connectivity index (χ3n) is 18.0. The number of rotatable bonds is 7. The Hall–Kier alpha value is -8.35. The minimum Gasteiger partial charge on any atom is -0.311 e. The fourth-order valence-corrected chi connectivity index (χ4v) is 12.5. The molecule has 0 N–H and O–H groups in total. The monoisotopic (exact) mass is 1140 g/mol. The van der Waals surface area contributed by atoms with E-state index < -0.39 is 0 Å². The van der Waals surface area contributed by atoms with Crippen LogP contribution in [-0.4, -0.2) is 21.7 Å². The molecular weight excluding hydrogens is 1050 g/mol. The van der Waals surface area contributed by atoms with Gasteiger partial charge in [0.2, 0.25) is 0 Å². The molecule has 0 amide bonds. The minimum absolute atomic E-state index is 0.0214. The Morgan fingerprint density at radius 1 is 0.253 bits per heavy atom. The van der Waals surface area contributed by atoms with Crippen LogP contribution in [0.25, 0.3) is 56.4 Å². The lowest BCUT2D eigenvalue weighted by atomic mass is 9.33. The number of nitrogens with zero attached hydrogens (tertiary/aromatic N) is 5. The highest BCUT2D eigenvalue weighted by Gasteiger charge is 2.45. The molecule has 0 saturated heterocycles. The number of benzene rings is 9. The van der Waals surface area contributed by atoms with E-state index in [2.05, 4.69) is 329 Å². The normalized spacial score (nSPS) is 13.6. The van der Waals surface area contributed by atoms with Gasteiger partial charge in [0, 0.05) is 50.8 Å². The van der Waals surface area contributed by atoms with Crippen LogP contribution in [0.5, 0.6) is 0 Å². The maximum absolute atomic E-state index is 5.61. The molecule has 6 heteroatoms. The summed E-state index contributed by atoms with van der Waals surface area (Å²) in [5.74, 6) is 1.87. The van der Waals surface area contributed by atoms with Crippen molar-refractivity contribution in [2.75, 3.05) is 9.80 Å². The van der Waals surface area contributed by atoms with Gasteiger partial charge in [0.1, 0.15) is 0 Å². The first kappa shape index (κ1) is 59.0. The number of aromatic nitrogens is 3. The Labute approximate surface area is 520 Å². The SMILES string of the molecule is CC(C)(C)c1ccc(-c2nc(-c3ccc(C(C)(C)C)cc3)nc(-c3cc4c5c(c3)N(c3cc(C(C)(C)C)cc(C(C)(C)C)c3)c3ccc(-c6ccccc6)cc3B5c3cc(-c5ccccc5)ccc3N4c3cc(C(C)(C)C)cc(C(C)(C)C)c3)n2)cc1. The summed E-state index contributed by atoms with van der Waals surface area (Å²) in [5.41, 5.74) is 25.0. The van der Waals surface area contributed by atoms with Crippen LogP contribution >= 0.6 is 0 Å². The number of hydrogen-bond donors (Lipinski definition) is 0. The summed E-state index contributed by atoms with van der Waals surface area (Å²) in [5, 5.41) is 0. The molecule has 0 saturated carbocycles. The van der Waals surface area contributed by atoms with E-state index in [1.807, 2.05) is 0 Å². The second-order valence-electron chi connectivity index (χ2n) is 30.8. The van der Waals surface area contributed by atoms with Crippen molar-refractivity contribution in [2.24, 2.45) is 0 Å². The molecule has 0 spiro atoms. The fraction of sp³-hybridized carbons (Fsp3) is 0.296. The molecule has 10 aromatic rings. The number of anilines is 6. The Bertz CT molecular complexity index is 3920. The Balaban J connectivity index is 1.24. The zero-order chi connectivity index (χ0) is 61.9. The first-order valence-corrected chi connectivity index (χ1v) is 31.4. The summed E-state index contributed by atoms with van der Waals surface area (Å²) in [6.07, 6.45) is 0. The van der Waals surface area contributed by atoms with Crippen molar-refractivity contribution >= 4 is 57.2 Å². The molecule has 3 heterocycles. The van der Waals surface area contributed by atoms with Crippen molar-refractivity contribution in [1.29, 1.82) is 0 Å². The van der Waals surface area contributed by atoms with Crippen molar-refractivity contribution in [3.05, 3.63) is 228 Å². The zero-order valence-corrected chi connectivity index (χ0v) is 54.8. The molecule has 0 bridgehead atoms. The van der Waals surface area contributed by atoms with E-state index in [1.165, 1.54) is 72.0 Å². The van der Waals surface area contributed by atoms with Gasteiger partial charge in [-0.3, -0.25) is 0 Å². The second kappa shape index (κ2) is 21.2. The van der Waals surface area contributed by atoms with Crippen molar-refractivity contribution in [3.63, 3.8) is 0 Å². The fourth-order valence-electron chi connectivity index (χ4n) is 12.5. The smallest absolute Gasteiger partial charge is 0.252 e. The number of fused-ring (bicyclic) bond motifs is 4. The summed E-state index contributed by atoms with van der Waals surface area (Å²) in [6, 6.07) is 73.4. The third-order valence-corrected chi connectivity index (χ3v) is 18.0. The highest BCUT2D eigenvalue weighted by atomic mass is 15.2. The molecule has 9 aromatic carbocycles. The van der Waals surface area contributed by atoms with Crippen LogP contribution in [0.1, 0.15) is 158 Å². The molecule has 2 aliphatic heterocycles. The predicted molar refractivity (Wildman–Crippen MR) is 373 cm³/mol. The molecule has 1 aromatic heterocycles. The molecule has 438 valence electrons. The van der Waals surface area contributed by atoms with Crippen LogP contribution in [0.3, 0.4) is 0 Å². The Morgan fingerprint density at radius 3 is 0.862 bits per heavy atom. The van der Waals surface area contributed by atoms with Crippen LogP contribution in [0, 0.1) is 0 Å². The molecule has 0 aliphatic carbocycles. The van der Waals surface area contributed by atoms with Crippen molar-refractivity contribution in [2.45, 2.75) is 157 Å². The molecule has 5 nitrogen and oxygen atoms in total. The summed E-state index contributed by atoms with van der Waals surface area (Å²) >= 11 is 0. The summed E-state index contributed by atoms with van der Waals surface area (Å²) in [7, 11) is 0. The zero-order valence-electron chi connectivity index (χ0n) is 54.8. The van der Waals surface area contributed by atoms with Gasteiger partial charge in [-0.05, 0) is 153 Å². The van der Waals surface area contributed by atoms with Gasteiger partial charge < -0.3 is 9.80 Å². The van der Waals surface area contributed by atoms with Crippen LogP contribution in [0.15, 0.2) is 194 Å². The lowest BCUT2D eigenvalue weighted by Gasteiger charge is -2.45. The highest BCUT2D eigenvalue weighted by Crippen LogP contribution is 2.49. The maximum atomic E-state index is 5.61. The van der Waals surface area contributed by atoms with Crippen LogP contribution in [0.2, 0.25) is 0 Å². The van der Waals surface area contributed by atoms with Gasteiger partial charge in [0.15, 0.2) is 17.5 Å². The Morgan fingerprint density at radius 2 is 0.552 bits per heavy atom. The van der Waals surface area contributed by atoms with E-state index in [-0.39, 0.29) is 39.2 Å². The molecule has 0 radical (unpaired) electrons. The molecule has 0 unspecified atom stereocenters. The van der Waals surface area contributed by atoms with E-state index in [9.17, 15) is 0 Å². The second-order valence-corrected chi connectivity index (χ2v) is 30.8. The lowest BCUT2D eigenvalue weighted by molar-refractivity contribution is 0.568. The van der Waals surface area contributed by atoms with E-state index in [1.54, 1.807) is 0 Å². The molecule has 0 fully saturated rings. The van der Waals surface area contributed by atoms with Crippen molar-refractivity contribution in [3.8, 4) is 56.4 Å². The Kier molecular flexibility index (Phi) is 14.4. The first-order chi connectivity index (χ1) is 40.9. The van der Waals surface area contributed by atoms with Gasteiger partial charge in [-0.2, -0.15) is 0 Å². The molecule has 87 heavy (non-hydrogen) atoms. The maximum Gasteiger partial charge on any atom is 0.252 e. The minimum atomic E-state index is -0.179. The average molecular weight is 1140 g/mol. The molecule has 0 atom stereocenters. The molecule has 2 aliphatic rings. The van der Waals surface area contributed by atoms with E-state index in [4.69, 9.17) is 15.0 Å². The van der Waals surface area contributed by atoms with Gasteiger partial charge in [-0.15, -0.1) is 0 Å².